The van der Waals surface area contributed by atoms with E-state index in [9.17, 15) is 9.59 Å². The van der Waals surface area contributed by atoms with E-state index in [1.54, 1.807) is 18.4 Å². The summed E-state index contributed by atoms with van der Waals surface area (Å²) in [6, 6.07) is 7.75. The first-order valence-electron chi connectivity index (χ1n) is 10.7. The molecular weight excluding hydrogens is 401 g/mol. The van der Waals surface area contributed by atoms with Gasteiger partial charge in [-0.2, -0.15) is 0 Å². The van der Waals surface area contributed by atoms with E-state index < -0.39 is 0 Å². The van der Waals surface area contributed by atoms with Gasteiger partial charge in [0, 0.05) is 43.3 Å². The van der Waals surface area contributed by atoms with Crippen LogP contribution in [-0.2, 0) is 4.79 Å². The number of benzene rings is 1. The molecule has 0 bridgehead atoms. The van der Waals surface area contributed by atoms with E-state index in [0.29, 0.717) is 24.2 Å². The molecule has 0 saturated carbocycles. The molecule has 7 heteroatoms. The molecule has 32 heavy (non-hydrogen) atoms. The molecule has 0 aliphatic rings. The van der Waals surface area contributed by atoms with Crippen molar-refractivity contribution in [2.45, 2.75) is 20.2 Å². The van der Waals surface area contributed by atoms with Crippen LogP contribution in [0.2, 0.25) is 6.32 Å². The van der Waals surface area contributed by atoms with Crippen LogP contribution in [0.4, 0.5) is 5.69 Å². The molecule has 0 fully saturated rings. The maximum absolute atomic E-state index is 12.5. The Morgan fingerprint density at radius 3 is 2.66 bits per heavy atom. The molecule has 0 aliphatic carbocycles. The first kappa shape index (κ1) is 24.8. The van der Waals surface area contributed by atoms with Crippen LogP contribution in [0.5, 0.6) is 0 Å². The number of hydrogen-bond acceptors (Lipinski definition) is 5. The SMILES string of the molecule is [B]CC(=O)NCCN\C=C/C(=C\C=C)/C=C/c1cc2ccc(N(CC)CC)cc2oc1=O. The van der Waals surface area contributed by atoms with Gasteiger partial charge in [-0.05, 0) is 62.3 Å². The number of nitrogens with one attached hydrogen (secondary N) is 2. The van der Waals surface area contributed by atoms with Crippen molar-refractivity contribution in [2.24, 2.45) is 0 Å². The topological polar surface area (TPSA) is 74.6 Å². The van der Waals surface area contributed by atoms with Crippen molar-refractivity contribution in [3.8, 4) is 0 Å². The molecular formula is C25H30BN3O3. The van der Waals surface area contributed by atoms with E-state index >= 15 is 0 Å². The highest BCUT2D eigenvalue weighted by atomic mass is 16.4. The maximum atomic E-state index is 12.5. The third-order valence-electron chi connectivity index (χ3n) is 4.81. The lowest BCUT2D eigenvalue weighted by Gasteiger charge is -2.20. The number of allylic oxidation sites excluding steroid dienone is 5. The normalized spacial score (nSPS) is 11.9. The van der Waals surface area contributed by atoms with Gasteiger partial charge in [0.2, 0.25) is 5.91 Å². The summed E-state index contributed by atoms with van der Waals surface area (Å²) < 4.78 is 5.57. The lowest BCUT2D eigenvalue weighted by molar-refractivity contribution is -0.118. The van der Waals surface area contributed by atoms with Crippen LogP contribution in [0.1, 0.15) is 19.4 Å². The summed E-state index contributed by atoms with van der Waals surface area (Å²) in [6.07, 6.45) is 10.6. The minimum atomic E-state index is -0.388. The van der Waals surface area contributed by atoms with Crippen molar-refractivity contribution in [3.63, 3.8) is 0 Å². The molecule has 0 spiro atoms. The molecule has 0 atom stereocenters. The van der Waals surface area contributed by atoms with Gasteiger partial charge in [-0.3, -0.25) is 4.79 Å². The monoisotopic (exact) mass is 431 g/mol. The molecule has 1 aromatic heterocycles. The summed E-state index contributed by atoms with van der Waals surface area (Å²) in [5.74, 6) is -0.190. The molecule has 2 rings (SSSR count). The Hall–Kier alpha value is -3.48. The fourth-order valence-electron chi connectivity index (χ4n) is 3.09. The Morgan fingerprint density at radius 1 is 1.19 bits per heavy atom. The van der Waals surface area contributed by atoms with Gasteiger partial charge >= 0.3 is 5.63 Å². The second-order valence-corrected chi connectivity index (χ2v) is 6.96. The van der Waals surface area contributed by atoms with Crippen molar-refractivity contribution in [1.82, 2.24) is 10.6 Å². The summed E-state index contributed by atoms with van der Waals surface area (Å²) in [4.78, 5) is 25.8. The standard InChI is InChI=1S/C25H30BN3O3/c1-4-7-19(12-13-27-14-15-28-24(30)18-26)8-9-21-16-20-10-11-22(29(5-2)6-3)17-23(20)32-25(21)31/h4,7-13,16-17,27H,1,5-6,14-15,18H2,2-3H3,(H,28,30)/b9-8+,13-12-,19-7-. The zero-order valence-electron chi connectivity index (χ0n) is 18.8. The number of amides is 1. The number of hydrogen-bond donors (Lipinski definition) is 2. The number of fused-ring (bicyclic) bond motifs is 1. The predicted molar refractivity (Wildman–Crippen MR) is 134 cm³/mol. The molecule has 0 unspecified atom stereocenters. The summed E-state index contributed by atoms with van der Waals surface area (Å²) in [5.41, 5.74) is 2.53. The number of carbonyl (C=O) groups excluding carboxylic acids is 1. The van der Waals surface area contributed by atoms with Gasteiger partial charge in [-0.1, -0.05) is 24.8 Å². The highest BCUT2D eigenvalue weighted by molar-refractivity contribution is 6.19. The molecule has 0 aliphatic heterocycles. The average molecular weight is 431 g/mol. The van der Waals surface area contributed by atoms with Crippen LogP contribution in [0, 0.1) is 0 Å². The molecule has 1 heterocycles. The van der Waals surface area contributed by atoms with Crippen molar-refractivity contribution in [1.29, 1.82) is 0 Å². The number of nitrogens with zero attached hydrogens (tertiary/aromatic N) is 1. The van der Waals surface area contributed by atoms with E-state index in [4.69, 9.17) is 12.3 Å². The van der Waals surface area contributed by atoms with Crippen LogP contribution in [-0.4, -0.2) is 39.9 Å². The zero-order valence-corrected chi connectivity index (χ0v) is 18.8. The summed E-state index contributed by atoms with van der Waals surface area (Å²) in [6.45, 7) is 10.7. The molecule has 6 nitrogen and oxygen atoms in total. The fourth-order valence-corrected chi connectivity index (χ4v) is 3.09. The predicted octanol–water partition coefficient (Wildman–Crippen LogP) is 3.57. The van der Waals surface area contributed by atoms with Crippen molar-refractivity contribution >= 4 is 36.5 Å². The Labute approximate surface area is 190 Å². The smallest absolute Gasteiger partial charge is 0.343 e. The largest absolute Gasteiger partial charge is 0.422 e. The zero-order chi connectivity index (χ0) is 23.3. The van der Waals surface area contributed by atoms with E-state index in [1.165, 1.54) is 0 Å². The Bertz CT molecular complexity index is 1070. The fraction of sp³-hybridized carbons (Fsp3) is 0.280. The van der Waals surface area contributed by atoms with Crippen LogP contribution in [0.15, 0.2) is 76.1 Å². The minimum Gasteiger partial charge on any atom is -0.422 e. The van der Waals surface area contributed by atoms with Gasteiger partial charge < -0.3 is 20.0 Å². The van der Waals surface area contributed by atoms with Crippen molar-refractivity contribution in [3.05, 3.63) is 82.9 Å². The highest BCUT2D eigenvalue weighted by Gasteiger charge is 2.07. The highest BCUT2D eigenvalue weighted by Crippen LogP contribution is 2.22. The summed E-state index contributed by atoms with van der Waals surface area (Å²) in [7, 11) is 5.24. The van der Waals surface area contributed by atoms with Crippen LogP contribution >= 0.6 is 0 Å². The Kier molecular flexibility index (Phi) is 10.1. The second-order valence-electron chi connectivity index (χ2n) is 6.96. The lowest BCUT2D eigenvalue weighted by Crippen LogP contribution is -2.29. The summed E-state index contributed by atoms with van der Waals surface area (Å²) >= 11 is 0. The number of carbonyl (C=O) groups is 1. The van der Waals surface area contributed by atoms with Crippen LogP contribution in [0.3, 0.4) is 0 Å². The third kappa shape index (κ3) is 7.34. The first-order chi connectivity index (χ1) is 15.5. The number of anilines is 1. The molecule has 1 aromatic carbocycles. The molecule has 1 amide bonds. The average Bonchev–Trinajstić information content (AvgIpc) is 2.80. The van der Waals surface area contributed by atoms with E-state index in [2.05, 4.69) is 36.0 Å². The summed E-state index contributed by atoms with van der Waals surface area (Å²) in [5, 5.41) is 6.63. The van der Waals surface area contributed by atoms with Gasteiger partial charge in [0.05, 0.1) is 13.4 Å². The molecule has 2 aromatic rings. The molecule has 0 saturated heterocycles. The van der Waals surface area contributed by atoms with Crippen LogP contribution < -0.4 is 21.2 Å². The quantitative estimate of drug-likeness (QED) is 0.233. The van der Waals surface area contributed by atoms with Gasteiger partial charge in [0.1, 0.15) is 5.58 Å². The minimum absolute atomic E-state index is 0.0211. The van der Waals surface area contributed by atoms with Crippen molar-refractivity contribution < 1.29 is 9.21 Å². The first-order valence-corrected chi connectivity index (χ1v) is 10.7. The van der Waals surface area contributed by atoms with Gasteiger partial charge in [-0.15, -0.1) is 0 Å². The van der Waals surface area contributed by atoms with E-state index in [1.807, 2.05) is 42.5 Å². The molecule has 2 N–H and O–H groups in total. The van der Waals surface area contributed by atoms with Crippen LogP contribution in [0.25, 0.3) is 17.0 Å². The second kappa shape index (κ2) is 13.0. The molecule has 2 radical (unpaired) electrons. The Morgan fingerprint density at radius 2 is 1.97 bits per heavy atom. The lowest BCUT2D eigenvalue weighted by atomic mass is 10.1. The number of rotatable bonds is 12. The van der Waals surface area contributed by atoms with Crippen molar-refractivity contribution in [2.75, 3.05) is 31.1 Å². The van der Waals surface area contributed by atoms with E-state index in [-0.39, 0.29) is 17.9 Å². The van der Waals surface area contributed by atoms with Gasteiger partial charge in [-0.25, -0.2) is 4.79 Å². The van der Waals surface area contributed by atoms with Gasteiger partial charge in [0.15, 0.2) is 0 Å². The maximum Gasteiger partial charge on any atom is 0.343 e. The van der Waals surface area contributed by atoms with Gasteiger partial charge in [0.25, 0.3) is 0 Å². The molecule has 166 valence electrons. The van der Waals surface area contributed by atoms with E-state index in [0.717, 1.165) is 29.7 Å². The Balaban J connectivity index is 2.11. The third-order valence-corrected chi connectivity index (χ3v) is 4.81.